The van der Waals surface area contributed by atoms with Crippen molar-refractivity contribution in [2.75, 3.05) is 0 Å². The molecule has 4 aliphatic rings. The van der Waals surface area contributed by atoms with Gasteiger partial charge in [-0.05, 0) is 62.7 Å². The lowest BCUT2D eigenvalue weighted by molar-refractivity contribution is -0.215. The Bertz CT molecular complexity index is 659. The van der Waals surface area contributed by atoms with Crippen LogP contribution in [0.1, 0.15) is 59.3 Å². The molecule has 3 fully saturated rings. The first-order valence-electron chi connectivity index (χ1n) is 10.0. The first-order chi connectivity index (χ1) is 12.1. The Morgan fingerprint density at radius 3 is 2.46 bits per heavy atom. The fourth-order valence-corrected chi connectivity index (χ4v) is 7.39. The normalized spacial score (nSPS) is 56.2. The van der Waals surface area contributed by atoms with Crippen molar-refractivity contribution in [2.45, 2.75) is 83.2 Å². The molecule has 4 rings (SSSR count). The fraction of sp³-hybridized carbons (Fsp3) is 0.857. The summed E-state index contributed by atoms with van der Waals surface area (Å²) in [5.41, 5.74) is -1.08. The predicted molar refractivity (Wildman–Crippen MR) is 96.1 cm³/mol. The van der Waals surface area contributed by atoms with Gasteiger partial charge in [0.15, 0.2) is 0 Å². The van der Waals surface area contributed by atoms with Gasteiger partial charge in [0, 0.05) is 5.41 Å². The smallest absolute Gasteiger partial charge is 0.136 e. The van der Waals surface area contributed by atoms with Crippen molar-refractivity contribution in [3.05, 3.63) is 11.6 Å². The van der Waals surface area contributed by atoms with E-state index in [0.29, 0.717) is 19.3 Å². The molecular formula is C21H32O5. The summed E-state index contributed by atoms with van der Waals surface area (Å²) in [5.74, 6) is -0.873. The molecule has 0 saturated heterocycles. The van der Waals surface area contributed by atoms with Crippen LogP contribution in [0, 0.1) is 28.6 Å². The van der Waals surface area contributed by atoms with Crippen molar-refractivity contribution in [3.8, 4) is 0 Å². The van der Waals surface area contributed by atoms with Gasteiger partial charge >= 0.3 is 0 Å². The molecule has 0 spiro atoms. The van der Waals surface area contributed by atoms with Crippen LogP contribution in [0.5, 0.6) is 0 Å². The van der Waals surface area contributed by atoms with Crippen LogP contribution >= 0.6 is 0 Å². The Balaban J connectivity index is 1.79. The maximum absolute atomic E-state index is 12.3. The number of carbonyl (C=O) groups is 1. The maximum Gasteiger partial charge on any atom is 0.136 e. The van der Waals surface area contributed by atoms with Crippen LogP contribution in [-0.4, -0.2) is 50.1 Å². The van der Waals surface area contributed by atoms with Gasteiger partial charge in [0.25, 0.3) is 0 Å². The molecule has 26 heavy (non-hydrogen) atoms. The SMILES string of the molecule is CC(=O)C1C(O)C(O)C2(O)C3CC=C4CC(O)CCC4(C)C3CCC12C. The van der Waals surface area contributed by atoms with Gasteiger partial charge in [0.2, 0.25) is 0 Å². The second kappa shape index (κ2) is 5.63. The molecule has 4 aliphatic carbocycles. The predicted octanol–water partition coefficient (Wildman–Crippen LogP) is 1.57. The average molecular weight is 364 g/mol. The standard InChI is InChI=1S/C21H32O5/c1-11(22)16-17(24)18(25)21(26)15-5-4-12-10-13(23)6-8-19(12,2)14(15)7-9-20(16,21)3/h4,13-18,23-26H,5-10H2,1-3H3. The molecule has 5 nitrogen and oxygen atoms in total. The summed E-state index contributed by atoms with van der Waals surface area (Å²) in [6, 6.07) is 0. The molecule has 0 amide bonds. The third kappa shape index (κ3) is 2.03. The number of rotatable bonds is 1. The molecule has 3 saturated carbocycles. The Hall–Kier alpha value is -0.750. The highest BCUT2D eigenvalue weighted by molar-refractivity contribution is 5.81. The Kier molecular flexibility index (Phi) is 4.03. The average Bonchev–Trinajstić information content (AvgIpc) is 2.73. The van der Waals surface area contributed by atoms with Crippen molar-refractivity contribution >= 4 is 5.78 Å². The zero-order valence-electron chi connectivity index (χ0n) is 16.0. The number of aliphatic hydroxyl groups is 4. The van der Waals surface area contributed by atoms with Crippen molar-refractivity contribution in [2.24, 2.45) is 28.6 Å². The van der Waals surface area contributed by atoms with Gasteiger partial charge < -0.3 is 20.4 Å². The number of hydrogen-bond acceptors (Lipinski definition) is 5. The molecule has 0 aromatic carbocycles. The third-order valence-electron chi connectivity index (χ3n) is 8.80. The number of fused-ring (bicyclic) bond motifs is 5. The zero-order valence-corrected chi connectivity index (χ0v) is 16.0. The van der Waals surface area contributed by atoms with E-state index in [0.717, 1.165) is 19.3 Å². The highest BCUT2D eigenvalue weighted by Crippen LogP contribution is 2.67. The molecule has 0 heterocycles. The van der Waals surface area contributed by atoms with Gasteiger partial charge in [0.05, 0.1) is 18.1 Å². The molecule has 146 valence electrons. The number of carbonyl (C=O) groups excluding carboxylic acids is 1. The van der Waals surface area contributed by atoms with E-state index in [1.165, 1.54) is 12.5 Å². The quantitative estimate of drug-likeness (QED) is 0.530. The highest BCUT2D eigenvalue weighted by atomic mass is 16.4. The second-order valence-electron chi connectivity index (χ2n) is 9.80. The molecular weight excluding hydrogens is 332 g/mol. The molecule has 4 N–H and O–H groups in total. The summed E-state index contributed by atoms with van der Waals surface area (Å²) in [7, 11) is 0. The Morgan fingerprint density at radius 2 is 1.81 bits per heavy atom. The summed E-state index contributed by atoms with van der Waals surface area (Å²) in [5, 5.41) is 43.4. The lowest BCUT2D eigenvalue weighted by Crippen LogP contribution is -2.64. The number of aliphatic hydroxyl groups excluding tert-OH is 3. The van der Waals surface area contributed by atoms with E-state index in [-0.39, 0.29) is 29.1 Å². The first-order valence-corrected chi connectivity index (χ1v) is 10.0. The van der Waals surface area contributed by atoms with Crippen LogP contribution in [0.25, 0.3) is 0 Å². The van der Waals surface area contributed by atoms with Crippen molar-refractivity contribution < 1.29 is 25.2 Å². The minimum atomic E-state index is -1.47. The minimum absolute atomic E-state index is 0.0851. The number of hydrogen-bond donors (Lipinski definition) is 4. The summed E-state index contributed by atoms with van der Waals surface area (Å²) < 4.78 is 0. The molecule has 5 heteroatoms. The van der Waals surface area contributed by atoms with E-state index in [2.05, 4.69) is 13.0 Å². The maximum atomic E-state index is 12.3. The van der Waals surface area contributed by atoms with E-state index in [1.54, 1.807) is 0 Å². The number of allylic oxidation sites excluding steroid dienone is 1. The lowest BCUT2D eigenvalue weighted by atomic mass is 9.45. The molecule has 0 radical (unpaired) electrons. The van der Waals surface area contributed by atoms with Gasteiger partial charge in [-0.1, -0.05) is 25.5 Å². The van der Waals surface area contributed by atoms with Crippen molar-refractivity contribution in [3.63, 3.8) is 0 Å². The van der Waals surface area contributed by atoms with E-state index in [1.807, 2.05) is 6.92 Å². The molecule has 0 aromatic rings. The largest absolute Gasteiger partial charge is 0.393 e. The van der Waals surface area contributed by atoms with Crippen LogP contribution in [-0.2, 0) is 4.79 Å². The van der Waals surface area contributed by atoms with Crippen LogP contribution in [0.4, 0.5) is 0 Å². The van der Waals surface area contributed by atoms with Crippen molar-refractivity contribution in [1.82, 2.24) is 0 Å². The van der Waals surface area contributed by atoms with E-state index in [9.17, 15) is 25.2 Å². The van der Waals surface area contributed by atoms with Crippen LogP contribution in [0.15, 0.2) is 11.6 Å². The monoisotopic (exact) mass is 364 g/mol. The summed E-state index contributed by atoms with van der Waals surface area (Å²) in [6.07, 6.45) is 3.78. The van der Waals surface area contributed by atoms with Crippen LogP contribution in [0.2, 0.25) is 0 Å². The summed E-state index contributed by atoms with van der Waals surface area (Å²) in [4.78, 5) is 12.3. The van der Waals surface area contributed by atoms with Gasteiger partial charge in [0.1, 0.15) is 17.5 Å². The topological polar surface area (TPSA) is 98.0 Å². The van der Waals surface area contributed by atoms with E-state index in [4.69, 9.17) is 0 Å². The molecule has 0 bridgehead atoms. The second-order valence-corrected chi connectivity index (χ2v) is 9.80. The third-order valence-corrected chi connectivity index (χ3v) is 8.80. The molecule has 0 aliphatic heterocycles. The fourth-order valence-electron chi connectivity index (χ4n) is 7.39. The zero-order chi connectivity index (χ0) is 19.1. The van der Waals surface area contributed by atoms with Crippen LogP contribution < -0.4 is 0 Å². The number of ketones is 1. The number of Topliss-reactive ketones (excluding diaryl/α,β-unsaturated/α-hetero) is 1. The van der Waals surface area contributed by atoms with Gasteiger partial charge in [-0.15, -0.1) is 0 Å². The van der Waals surface area contributed by atoms with Gasteiger partial charge in [-0.25, -0.2) is 0 Å². The molecule has 9 atom stereocenters. The Morgan fingerprint density at radius 1 is 1.12 bits per heavy atom. The highest BCUT2D eigenvalue weighted by Gasteiger charge is 2.73. The van der Waals surface area contributed by atoms with Crippen molar-refractivity contribution in [1.29, 1.82) is 0 Å². The minimum Gasteiger partial charge on any atom is -0.393 e. The molecule has 9 unspecified atom stereocenters. The summed E-state index contributed by atoms with van der Waals surface area (Å²) in [6.45, 7) is 5.56. The van der Waals surface area contributed by atoms with Gasteiger partial charge in [-0.2, -0.15) is 0 Å². The van der Waals surface area contributed by atoms with Crippen LogP contribution in [0.3, 0.4) is 0 Å². The lowest BCUT2D eigenvalue weighted by Gasteiger charge is -2.61. The summed E-state index contributed by atoms with van der Waals surface area (Å²) >= 11 is 0. The first kappa shape index (κ1) is 18.6. The van der Waals surface area contributed by atoms with E-state index < -0.39 is 29.1 Å². The molecule has 0 aromatic heterocycles. The van der Waals surface area contributed by atoms with Gasteiger partial charge in [-0.3, -0.25) is 4.79 Å². The van der Waals surface area contributed by atoms with E-state index >= 15 is 0 Å². The Labute approximate surface area is 155 Å².